The van der Waals surface area contributed by atoms with Crippen LogP contribution in [0.15, 0.2) is 48.5 Å². The number of ether oxygens (including phenoxy) is 2. The van der Waals surface area contributed by atoms with Gasteiger partial charge in [-0.2, -0.15) is 0 Å². The van der Waals surface area contributed by atoms with Gasteiger partial charge in [-0.3, -0.25) is 4.79 Å². The van der Waals surface area contributed by atoms with Gasteiger partial charge in [0.15, 0.2) is 0 Å². The average molecular weight is 388 g/mol. The first-order valence-electron chi connectivity index (χ1n) is 8.99. The maximum Gasteiger partial charge on any atom is 0.338 e. The summed E-state index contributed by atoms with van der Waals surface area (Å²) in [5.74, 6) is 1.21. The van der Waals surface area contributed by atoms with E-state index in [-0.39, 0.29) is 11.9 Å². The molecule has 0 spiro atoms. The summed E-state index contributed by atoms with van der Waals surface area (Å²) in [6.07, 6.45) is 0.794. The maximum atomic E-state index is 12.2. The lowest BCUT2D eigenvalue weighted by atomic mass is 10.1. The Hall–Kier alpha value is -2.47. The number of rotatable bonds is 10. The van der Waals surface area contributed by atoms with E-state index in [1.807, 2.05) is 56.3 Å². The summed E-state index contributed by atoms with van der Waals surface area (Å²) in [7, 11) is 0. The van der Waals surface area contributed by atoms with Crippen LogP contribution in [0.5, 0.6) is 5.75 Å². The number of thioether (sulfide) groups is 1. The number of anilines is 1. The Morgan fingerprint density at radius 3 is 2.67 bits per heavy atom. The second-order valence-corrected chi connectivity index (χ2v) is 6.79. The van der Waals surface area contributed by atoms with Crippen molar-refractivity contribution >= 4 is 29.3 Å². The van der Waals surface area contributed by atoms with Gasteiger partial charge in [0.25, 0.3) is 0 Å². The van der Waals surface area contributed by atoms with Crippen LogP contribution in [0.4, 0.5) is 5.69 Å². The van der Waals surface area contributed by atoms with Crippen LogP contribution in [0.3, 0.4) is 0 Å². The molecule has 144 valence electrons. The van der Waals surface area contributed by atoms with Gasteiger partial charge < -0.3 is 14.8 Å². The van der Waals surface area contributed by atoms with Crippen molar-refractivity contribution in [1.29, 1.82) is 0 Å². The average Bonchev–Trinajstić information content (AvgIpc) is 2.68. The molecule has 2 aromatic rings. The number of benzene rings is 2. The second-order valence-electron chi connectivity index (χ2n) is 5.81. The third kappa shape index (κ3) is 6.98. The van der Waals surface area contributed by atoms with Crippen molar-refractivity contribution in [2.24, 2.45) is 0 Å². The lowest BCUT2D eigenvalue weighted by Gasteiger charge is -2.11. The van der Waals surface area contributed by atoms with Crippen LogP contribution in [0.1, 0.15) is 36.2 Å². The van der Waals surface area contributed by atoms with E-state index in [4.69, 9.17) is 9.47 Å². The van der Waals surface area contributed by atoms with Gasteiger partial charge in [0.1, 0.15) is 5.75 Å². The van der Waals surface area contributed by atoms with Crippen molar-refractivity contribution in [3.8, 4) is 5.75 Å². The molecule has 0 radical (unpaired) electrons. The van der Waals surface area contributed by atoms with E-state index in [1.165, 1.54) is 11.8 Å². The Morgan fingerprint density at radius 2 is 1.89 bits per heavy atom. The highest BCUT2D eigenvalue weighted by molar-refractivity contribution is 7.99. The van der Waals surface area contributed by atoms with E-state index in [0.717, 1.165) is 12.0 Å². The summed E-state index contributed by atoms with van der Waals surface area (Å²) in [4.78, 5) is 24.1. The number of para-hydroxylation sites is 2. The van der Waals surface area contributed by atoms with Crippen LogP contribution in [-0.2, 0) is 15.3 Å². The molecule has 2 aromatic carbocycles. The van der Waals surface area contributed by atoms with Crippen LogP contribution >= 0.6 is 11.8 Å². The van der Waals surface area contributed by atoms with Gasteiger partial charge in [-0.15, -0.1) is 11.8 Å². The molecule has 0 bridgehead atoms. The van der Waals surface area contributed by atoms with Crippen molar-refractivity contribution in [3.63, 3.8) is 0 Å². The van der Waals surface area contributed by atoms with E-state index in [2.05, 4.69) is 5.32 Å². The molecule has 0 aromatic heterocycles. The highest BCUT2D eigenvalue weighted by atomic mass is 32.2. The Kier molecular flexibility index (Phi) is 8.71. The molecular formula is C21H25NO4S. The highest BCUT2D eigenvalue weighted by Gasteiger charge is 2.09. The summed E-state index contributed by atoms with van der Waals surface area (Å²) in [5, 5.41) is 2.88. The number of esters is 1. The molecule has 0 unspecified atom stereocenters. The van der Waals surface area contributed by atoms with E-state index >= 15 is 0 Å². The van der Waals surface area contributed by atoms with Gasteiger partial charge in [0.05, 0.1) is 30.2 Å². The normalized spacial score (nSPS) is 10.3. The zero-order valence-electron chi connectivity index (χ0n) is 15.7. The third-order valence-corrected chi connectivity index (χ3v) is 4.57. The molecular weight excluding hydrogens is 362 g/mol. The lowest BCUT2D eigenvalue weighted by Crippen LogP contribution is -2.15. The Bertz CT molecular complexity index is 763. The van der Waals surface area contributed by atoms with Crippen LogP contribution in [-0.4, -0.2) is 30.8 Å². The molecule has 0 aliphatic carbocycles. The Balaban J connectivity index is 1.84. The summed E-state index contributed by atoms with van der Waals surface area (Å²) in [5.41, 5.74) is 2.19. The third-order valence-electron chi connectivity index (χ3n) is 3.56. The standard InChI is InChI=1S/C21H25NO4S/c1-3-12-26-21(24)17-9-7-8-16(13-17)14-27-15-20(23)22-18-10-5-6-11-19(18)25-4-2/h5-11,13H,3-4,12,14-15H2,1-2H3,(H,22,23). The van der Waals surface area contributed by atoms with Crippen molar-refractivity contribution in [3.05, 3.63) is 59.7 Å². The number of hydrogen-bond acceptors (Lipinski definition) is 5. The molecule has 0 heterocycles. The van der Waals surface area contributed by atoms with Crippen LogP contribution in [0, 0.1) is 0 Å². The minimum Gasteiger partial charge on any atom is -0.492 e. The number of hydrogen-bond donors (Lipinski definition) is 1. The summed E-state index contributed by atoms with van der Waals surface area (Å²) >= 11 is 1.49. The SMILES string of the molecule is CCCOC(=O)c1cccc(CSCC(=O)Nc2ccccc2OCC)c1. The van der Waals surface area contributed by atoms with Crippen molar-refractivity contribution in [2.75, 3.05) is 24.3 Å². The van der Waals surface area contributed by atoms with E-state index in [9.17, 15) is 9.59 Å². The van der Waals surface area contributed by atoms with Crippen molar-refractivity contribution in [1.82, 2.24) is 0 Å². The number of carbonyl (C=O) groups excluding carboxylic acids is 2. The molecule has 6 heteroatoms. The van der Waals surface area contributed by atoms with Crippen LogP contribution < -0.4 is 10.1 Å². The molecule has 1 amide bonds. The maximum absolute atomic E-state index is 12.2. The predicted octanol–water partition coefficient (Wildman–Crippen LogP) is 4.52. The topological polar surface area (TPSA) is 64.6 Å². The summed E-state index contributed by atoms with van der Waals surface area (Å²) < 4.78 is 10.7. The van der Waals surface area contributed by atoms with Gasteiger partial charge >= 0.3 is 5.97 Å². The number of amides is 1. The quantitative estimate of drug-likeness (QED) is 0.607. The highest BCUT2D eigenvalue weighted by Crippen LogP contribution is 2.24. The fraction of sp³-hybridized carbons (Fsp3) is 0.333. The molecule has 2 rings (SSSR count). The minimum absolute atomic E-state index is 0.0920. The molecule has 1 N–H and O–H groups in total. The predicted molar refractivity (Wildman–Crippen MR) is 109 cm³/mol. The summed E-state index contributed by atoms with van der Waals surface area (Å²) in [6.45, 7) is 4.82. The number of carbonyl (C=O) groups is 2. The van der Waals surface area contributed by atoms with Crippen molar-refractivity contribution < 1.29 is 19.1 Å². The largest absolute Gasteiger partial charge is 0.492 e. The Labute approximate surface area is 164 Å². The minimum atomic E-state index is -0.311. The van der Waals surface area contributed by atoms with E-state index < -0.39 is 0 Å². The fourth-order valence-electron chi connectivity index (χ4n) is 2.37. The van der Waals surface area contributed by atoms with Crippen molar-refractivity contribution in [2.45, 2.75) is 26.0 Å². The Morgan fingerprint density at radius 1 is 1.07 bits per heavy atom. The smallest absolute Gasteiger partial charge is 0.338 e. The van der Waals surface area contributed by atoms with Gasteiger partial charge in [-0.1, -0.05) is 31.2 Å². The molecule has 5 nitrogen and oxygen atoms in total. The molecule has 27 heavy (non-hydrogen) atoms. The monoisotopic (exact) mass is 387 g/mol. The molecule has 0 saturated carbocycles. The molecule has 0 aliphatic rings. The van der Waals surface area contributed by atoms with E-state index in [0.29, 0.717) is 41.7 Å². The van der Waals surface area contributed by atoms with Gasteiger partial charge in [0.2, 0.25) is 5.91 Å². The van der Waals surface area contributed by atoms with E-state index in [1.54, 1.807) is 6.07 Å². The van der Waals surface area contributed by atoms with Crippen LogP contribution in [0.2, 0.25) is 0 Å². The number of nitrogens with one attached hydrogen (secondary N) is 1. The zero-order valence-corrected chi connectivity index (χ0v) is 16.5. The second kappa shape index (κ2) is 11.3. The molecule has 0 aliphatic heterocycles. The van der Waals surface area contributed by atoms with Gasteiger partial charge in [-0.05, 0) is 43.2 Å². The first kappa shape index (κ1) is 20.8. The fourth-order valence-corrected chi connectivity index (χ4v) is 3.14. The summed E-state index contributed by atoms with van der Waals surface area (Å²) in [6, 6.07) is 14.7. The van der Waals surface area contributed by atoms with Crippen LogP contribution in [0.25, 0.3) is 0 Å². The lowest BCUT2D eigenvalue weighted by molar-refractivity contribution is -0.113. The zero-order chi connectivity index (χ0) is 19.5. The molecule has 0 saturated heterocycles. The first-order valence-corrected chi connectivity index (χ1v) is 10.1. The van der Waals surface area contributed by atoms with Gasteiger partial charge in [-0.25, -0.2) is 4.79 Å². The van der Waals surface area contributed by atoms with Gasteiger partial charge in [0, 0.05) is 5.75 Å². The molecule has 0 atom stereocenters. The molecule has 0 fully saturated rings. The first-order chi connectivity index (χ1) is 13.1.